The van der Waals surface area contributed by atoms with Gasteiger partial charge in [-0.3, -0.25) is 24.0 Å². The summed E-state index contributed by atoms with van der Waals surface area (Å²) < 4.78 is 29.7. The van der Waals surface area contributed by atoms with E-state index in [0.29, 0.717) is 6.29 Å². The molecule has 0 spiro atoms. The summed E-state index contributed by atoms with van der Waals surface area (Å²) in [5.41, 5.74) is -0.110. The Kier molecular flexibility index (Phi) is 14.7. The molecule has 40 heavy (non-hydrogen) atoms. The summed E-state index contributed by atoms with van der Waals surface area (Å²) in [6, 6.07) is 3.64. The number of carbonyl (C=O) groups is 7. The Morgan fingerprint density at radius 1 is 0.725 bits per heavy atom. The molecule has 2 atom stereocenters. The maximum atomic E-state index is 12.1. The number of benzene rings is 1. The summed E-state index contributed by atoms with van der Waals surface area (Å²) in [5, 5.41) is 0. The molecule has 0 aliphatic rings. The van der Waals surface area contributed by atoms with E-state index in [2.05, 4.69) is 13.2 Å². The quantitative estimate of drug-likeness (QED) is 0.0889. The predicted octanol–water partition coefficient (Wildman–Crippen LogP) is 2.19. The van der Waals surface area contributed by atoms with Gasteiger partial charge in [0.2, 0.25) is 0 Å². The fourth-order valence-electron chi connectivity index (χ4n) is 2.69. The number of hydrogen-bond acceptors (Lipinski definition) is 13. The van der Waals surface area contributed by atoms with Crippen molar-refractivity contribution in [2.45, 2.75) is 51.7 Å². The lowest BCUT2D eigenvalue weighted by Gasteiger charge is -2.13. The molecule has 0 radical (unpaired) electrons. The molecule has 0 saturated carbocycles. The third-order valence-corrected chi connectivity index (χ3v) is 4.55. The van der Waals surface area contributed by atoms with E-state index in [1.807, 2.05) is 0 Å². The van der Waals surface area contributed by atoms with Gasteiger partial charge in [0.25, 0.3) is 0 Å². The molecule has 2 unspecified atom stereocenters. The first kappa shape index (κ1) is 33.2. The average molecular weight is 563 g/mol. The molecule has 0 aliphatic heterocycles. The highest BCUT2D eigenvalue weighted by Crippen LogP contribution is 2.24. The lowest BCUT2D eigenvalue weighted by atomic mass is 10.2. The van der Waals surface area contributed by atoms with Gasteiger partial charge in [-0.15, -0.1) is 0 Å². The van der Waals surface area contributed by atoms with Crippen LogP contribution in [0, 0.1) is 0 Å². The van der Waals surface area contributed by atoms with Crippen molar-refractivity contribution in [2.75, 3.05) is 13.2 Å². The monoisotopic (exact) mass is 562 g/mol. The maximum absolute atomic E-state index is 12.1. The van der Waals surface area contributed by atoms with E-state index < -0.39 is 48.0 Å². The van der Waals surface area contributed by atoms with E-state index >= 15 is 0 Å². The topological polar surface area (TPSA) is 175 Å². The number of rotatable bonds is 17. The summed E-state index contributed by atoms with van der Waals surface area (Å²) in [7, 11) is 0. The van der Waals surface area contributed by atoms with Crippen LogP contribution in [0.2, 0.25) is 0 Å². The minimum Gasteiger partial charge on any atom is -0.459 e. The second kappa shape index (κ2) is 17.7. The summed E-state index contributed by atoms with van der Waals surface area (Å²) in [6.07, 6.45) is -0.512. The summed E-state index contributed by atoms with van der Waals surface area (Å²) in [4.78, 5) is 81.4. The van der Waals surface area contributed by atoms with Crippen molar-refractivity contribution >= 4 is 42.1 Å². The molecule has 0 heterocycles. The molecule has 0 N–H and O–H groups in total. The smallest absolute Gasteiger partial charge is 0.330 e. The normalized spacial score (nSPS) is 11.6. The van der Waals surface area contributed by atoms with Crippen molar-refractivity contribution in [1.29, 1.82) is 0 Å². The minimum atomic E-state index is -0.831. The van der Waals surface area contributed by atoms with Gasteiger partial charge in [-0.1, -0.05) is 13.2 Å². The van der Waals surface area contributed by atoms with Crippen LogP contribution in [-0.4, -0.2) is 67.5 Å². The van der Waals surface area contributed by atoms with Crippen LogP contribution >= 0.6 is 0 Å². The van der Waals surface area contributed by atoms with Gasteiger partial charge in [0, 0.05) is 12.2 Å². The molecule has 13 heteroatoms. The molecular formula is C27H30O13. The number of ether oxygens (including phenoxy) is 6. The number of hydrogen-bond donors (Lipinski definition) is 0. The first-order valence-electron chi connectivity index (χ1n) is 11.9. The Labute approximate surface area is 230 Å². The van der Waals surface area contributed by atoms with E-state index in [0.717, 1.165) is 18.2 Å². The van der Waals surface area contributed by atoms with Gasteiger partial charge in [-0.2, -0.15) is 0 Å². The van der Waals surface area contributed by atoms with E-state index in [-0.39, 0.29) is 56.0 Å². The molecule has 216 valence electrons. The van der Waals surface area contributed by atoms with Gasteiger partial charge in [-0.05, 0) is 32.0 Å². The third-order valence-electron chi connectivity index (χ3n) is 4.55. The highest BCUT2D eigenvalue weighted by molar-refractivity contribution is 5.85. The molecular weight excluding hydrogens is 532 g/mol. The van der Waals surface area contributed by atoms with Crippen molar-refractivity contribution in [1.82, 2.24) is 0 Å². The second-order valence-electron chi connectivity index (χ2n) is 8.03. The zero-order valence-electron chi connectivity index (χ0n) is 22.1. The molecule has 0 aromatic heterocycles. The average Bonchev–Trinajstić information content (AvgIpc) is 2.93. The van der Waals surface area contributed by atoms with Crippen LogP contribution in [0.15, 0.2) is 43.5 Å². The van der Waals surface area contributed by atoms with E-state index in [1.165, 1.54) is 26.0 Å². The first-order chi connectivity index (χ1) is 19.0. The molecule has 1 rings (SSSR count). The SMILES string of the molecule is C=CC(=O)OCC(C)OC(=O)CCC(=O)Oc1ccc(OC(=O)CCC(=O)OC(C)COC(=O)C=C)c(C=O)c1. The molecule has 0 amide bonds. The number of esters is 6. The van der Waals surface area contributed by atoms with Crippen LogP contribution in [0.4, 0.5) is 0 Å². The van der Waals surface area contributed by atoms with Crippen molar-refractivity contribution in [3.8, 4) is 11.5 Å². The predicted molar refractivity (Wildman–Crippen MR) is 135 cm³/mol. The molecule has 0 saturated heterocycles. The van der Waals surface area contributed by atoms with Crippen molar-refractivity contribution in [2.24, 2.45) is 0 Å². The number of carbonyl (C=O) groups excluding carboxylic acids is 7. The van der Waals surface area contributed by atoms with Crippen molar-refractivity contribution in [3.05, 3.63) is 49.1 Å². The van der Waals surface area contributed by atoms with Crippen molar-refractivity contribution in [3.63, 3.8) is 0 Å². The minimum absolute atomic E-state index is 0.0420. The van der Waals surface area contributed by atoms with E-state index in [4.69, 9.17) is 28.4 Å². The van der Waals surface area contributed by atoms with Crippen LogP contribution in [0.25, 0.3) is 0 Å². The van der Waals surface area contributed by atoms with Crippen LogP contribution in [0.5, 0.6) is 11.5 Å². The molecule has 13 nitrogen and oxygen atoms in total. The number of aldehydes is 1. The van der Waals surface area contributed by atoms with Gasteiger partial charge < -0.3 is 28.4 Å². The third kappa shape index (κ3) is 13.7. The van der Waals surface area contributed by atoms with Gasteiger partial charge in [0.15, 0.2) is 6.29 Å². The Morgan fingerprint density at radius 3 is 1.62 bits per heavy atom. The Morgan fingerprint density at radius 2 is 1.18 bits per heavy atom. The zero-order valence-corrected chi connectivity index (χ0v) is 22.1. The Bertz CT molecular complexity index is 1120. The van der Waals surface area contributed by atoms with Crippen molar-refractivity contribution < 1.29 is 62.0 Å². The molecule has 0 bridgehead atoms. The lowest BCUT2D eigenvalue weighted by Crippen LogP contribution is -2.22. The zero-order chi connectivity index (χ0) is 30.1. The maximum Gasteiger partial charge on any atom is 0.330 e. The van der Waals surface area contributed by atoms with Gasteiger partial charge in [0.05, 0.1) is 31.2 Å². The summed E-state index contributed by atoms with van der Waals surface area (Å²) in [6.45, 7) is 9.12. The summed E-state index contributed by atoms with van der Waals surface area (Å²) >= 11 is 0. The molecule has 1 aromatic carbocycles. The van der Waals surface area contributed by atoms with Crippen LogP contribution in [0.1, 0.15) is 49.9 Å². The fraction of sp³-hybridized carbons (Fsp3) is 0.370. The van der Waals surface area contributed by atoms with Crippen LogP contribution in [0.3, 0.4) is 0 Å². The fourth-order valence-corrected chi connectivity index (χ4v) is 2.69. The largest absolute Gasteiger partial charge is 0.459 e. The molecule has 0 fully saturated rings. The van der Waals surface area contributed by atoms with Gasteiger partial charge in [-0.25, -0.2) is 9.59 Å². The Balaban J connectivity index is 2.50. The van der Waals surface area contributed by atoms with Gasteiger partial charge in [0.1, 0.15) is 36.9 Å². The second-order valence-corrected chi connectivity index (χ2v) is 8.03. The highest BCUT2D eigenvalue weighted by atomic mass is 16.6. The van der Waals surface area contributed by atoms with E-state index in [1.54, 1.807) is 0 Å². The lowest BCUT2D eigenvalue weighted by molar-refractivity contribution is -0.156. The highest BCUT2D eigenvalue weighted by Gasteiger charge is 2.18. The summed E-state index contributed by atoms with van der Waals surface area (Å²) in [5.74, 6) is -4.59. The molecule has 1 aromatic rings. The van der Waals surface area contributed by atoms with Gasteiger partial charge >= 0.3 is 35.8 Å². The first-order valence-corrected chi connectivity index (χ1v) is 11.9. The standard InChI is InChI=1S/C27H30O13/c1-5-22(29)35-15-17(3)37-24(31)9-11-26(33)39-20-7-8-21(19(13-20)14-28)40-27(34)12-10-25(32)38-18(4)16-36-23(30)6-2/h5-8,13-14,17-18H,1-2,9-12,15-16H2,3-4H3. The Hall–Kier alpha value is -4.81. The van der Waals surface area contributed by atoms with Crippen LogP contribution in [-0.2, 0) is 47.7 Å². The van der Waals surface area contributed by atoms with Crippen LogP contribution < -0.4 is 9.47 Å². The molecule has 0 aliphatic carbocycles. The van der Waals surface area contributed by atoms with E-state index in [9.17, 15) is 33.6 Å².